The van der Waals surface area contributed by atoms with Crippen molar-refractivity contribution in [3.63, 3.8) is 0 Å². The maximum Gasteiger partial charge on any atom is 0.199 e. The highest BCUT2D eigenvalue weighted by Crippen LogP contribution is 2.19. The van der Waals surface area contributed by atoms with Gasteiger partial charge in [0, 0.05) is 5.41 Å². The smallest absolute Gasteiger partial charge is 0.199 e. The largest absolute Gasteiger partial charge is 0.497 e. The van der Waals surface area contributed by atoms with Crippen LogP contribution in [0, 0.1) is 0 Å². The molecule has 5 heteroatoms. The Labute approximate surface area is 124 Å². The second-order valence-electron chi connectivity index (χ2n) is 4.30. The first kappa shape index (κ1) is 15.1. The topological polar surface area (TPSA) is 52.6 Å². The lowest BCUT2D eigenvalue weighted by Crippen LogP contribution is -1.96. The highest BCUT2D eigenvalue weighted by atomic mass is 32.2. The molecule has 0 aromatic heterocycles. The van der Waals surface area contributed by atoms with Crippen LogP contribution in [0.15, 0.2) is 58.8 Å². The number of hydrogen-bond donors (Lipinski definition) is 0. The molecule has 0 bridgehead atoms. The molecule has 0 saturated heterocycles. The van der Waals surface area contributed by atoms with E-state index < -0.39 is 9.84 Å². The molecule has 0 spiro atoms. The molecule has 0 aliphatic heterocycles. The minimum Gasteiger partial charge on any atom is -0.497 e. The Morgan fingerprint density at radius 2 is 1.29 bits per heavy atom. The third-order valence-corrected chi connectivity index (χ3v) is 4.37. The highest BCUT2D eigenvalue weighted by molar-refractivity contribution is 7.94. The van der Waals surface area contributed by atoms with E-state index >= 15 is 0 Å². The summed E-state index contributed by atoms with van der Waals surface area (Å²) in [5, 5.41) is 1.19. The molecule has 2 aromatic carbocycles. The van der Waals surface area contributed by atoms with E-state index in [2.05, 4.69) is 0 Å². The van der Waals surface area contributed by atoms with E-state index in [4.69, 9.17) is 9.47 Å². The van der Waals surface area contributed by atoms with Crippen LogP contribution in [-0.2, 0) is 9.84 Å². The summed E-state index contributed by atoms with van der Waals surface area (Å²) in [5.74, 6) is 1.35. The summed E-state index contributed by atoms with van der Waals surface area (Å²) >= 11 is 0. The predicted molar refractivity (Wildman–Crippen MR) is 82.2 cm³/mol. The van der Waals surface area contributed by atoms with Gasteiger partial charge in [0.25, 0.3) is 0 Å². The molecule has 0 saturated carbocycles. The molecule has 0 atom stereocenters. The van der Waals surface area contributed by atoms with Crippen LogP contribution >= 0.6 is 0 Å². The van der Waals surface area contributed by atoms with Crippen LogP contribution in [0.1, 0.15) is 5.56 Å². The van der Waals surface area contributed by atoms with E-state index in [0.717, 1.165) is 11.3 Å². The molecule has 0 radical (unpaired) electrons. The Morgan fingerprint density at radius 1 is 0.810 bits per heavy atom. The average molecular weight is 304 g/mol. The standard InChI is InChI=1S/C16H16O4S/c1-19-14-5-3-13(4-6-14)11-12-21(17,18)16-9-7-15(20-2)8-10-16/h3-12H,1-2H3/b12-11+. The second-order valence-corrected chi connectivity index (χ2v) is 6.13. The number of methoxy groups -OCH3 is 2. The van der Waals surface area contributed by atoms with Crippen molar-refractivity contribution < 1.29 is 17.9 Å². The van der Waals surface area contributed by atoms with E-state index in [0.29, 0.717) is 5.75 Å². The third kappa shape index (κ3) is 3.86. The van der Waals surface area contributed by atoms with E-state index in [1.165, 1.54) is 24.7 Å². The van der Waals surface area contributed by atoms with Crippen molar-refractivity contribution in [1.29, 1.82) is 0 Å². The molecule has 0 heterocycles. The van der Waals surface area contributed by atoms with Gasteiger partial charge in [-0.05, 0) is 48.0 Å². The lowest BCUT2D eigenvalue weighted by Gasteiger charge is -2.02. The monoisotopic (exact) mass is 304 g/mol. The molecule has 0 amide bonds. The van der Waals surface area contributed by atoms with Crippen molar-refractivity contribution in [2.24, 2.45) is 0 Å². The van der Waals surface area contributed by atoms with Crippen molar-refractivity contribution in [3.8, 4) is 11.5 Å². The Balaban J connectivity index is 2.20. The Morgan fingerprint density at radius 3 is 1.76 bits per heavy atom. The van der Waals surface area contributed by atoms with E-state index in [1.807, 2.05) is 0 Å². The highest BCUT2D eigenvalue weighted by Gasteiger charge is 2.10. The summed E-state index contributed by atoms with van der Waals surface area (Å²) < 4.78 is 34.4. The fourth-order valence-electron chi connectivity index (χ4n) is 1.73. The van der Waals surface area contributed by atoms with Gasteiger partial charge in [-0.15, -0.1) is 0 Å². The van der Waals surface area contributed by atoms with Gasteiger partial charge in [0.05, 0.1) is 19.1 Å². The maximum absolute atomic E-state index is 12.2. The Bertz CT molecular complexity index is 714. The Kier molecular flexibility index (Phi) is 4.65. The first-order chi connectivity index (χ1) is 10.0. The van der Waals surface area contributed by atoms with Crippen molar-refractivity contribution in [3.05, 3.63) is 59.5 Å². The summed E-state index contributed by atoms with van der Waals surface area (Å²) in [5.41, 5.74) is 0.785. The van der Waals surface area contributed by atoms with Crippen LogP contribution in [0.5, 0.6) is 11.5 Å². The molecule has 0 unspecified atom stereocenters. The number of ether oxygens (including phenoxy) is 2. The first-order valence-corrected chi connectivity index (χ1v) is 7.81. The minimum atomic E-state index is -3.47. The molecule has 4 nitrogen and oxygen atoms in total. The van der Waals surface area contributed by atoms with Crippen LogP contribution in [0.4, 0.5) is 0 Å². The van der Waals surface area contributed by atoms with E-state index in [1.54, 1.807) is 49.6 Å². The molecule has 0 fully saturated rings. The fraction of sp³-hybridized carbons (Fsp3) is 0.125. The summed E-state index contributed by atoms with van der Waals surface area (Å²) in [4.78, 5) is 0.230. The lowest BCUT2D eigenvalue weighted by molar-refractivity contribution is 0.414. The average Bonchev–Trinajstić information content (AvgIpc) is 2.53. The zero-order chi connectivity index (χ0) is 15.3. The van der Waals surface area contributed by atoms with Crippen LogP contribution < -0.4 is 9.47 Å². The van der Waals surface area contributed by atoms with Gasteiger partial charge in [0.1, 0.15) is 11.5 Å². The maximum atomic E-state index is 12.2. The van der Waals surface area contributed by atoms with Gasteiger partial charge >= 0.3 is 0 Å². The van der Waals surface area contributed by atoms with Gasteiger partial charge in [-0.1, -0.05) is 12.1 Å². The first-order valence-electron chi connectivity index (χ1n) is 6.26. The normalized spacial score (nSPS) is 11.5. The van der Waals surface area contributed by atoms with Crippen molar-refractivity contribution in [1.82, 2.24) is 0 Å². The van der Waals surface area contributed by atoms with Gasteiger partial charge in [0.15, 0.2) is 9.84 Å². The van der Waals surface area contributed by atoms with E-state index in [9.17, 15) is 8.42 Å². The summed E-state index contributed by atoms with van der Waals surface area (Å²) in [6.45, 7) is 0. The Hall–Kier alpha value is -2.27. The molecule has 110 valence electrons. The molecule has 2 aromatic rings. The molecule has 2 rings (SSSR count). The third-order valence-electron chi connectivity index (χ3n) is 2.94. The van der Waals surface area contributed by atoms with Gasteiger partial charge in [0.2, 0.25) is 0 Å². The quantitative estimate of drug-likeness (QED) is 0.851. The van der Waals surface area contributed by atoms with Crippen molar-refractivity contribution in [2.75, 3.05) is 14.2 Å². The zero-order valence-corrected chi connectivity index (χ0v) is 12.6. The predicted octanol–water partition coefficient (Wildman–Crippen LogP) is 3.15. The second kappa shape index (κ2) is 6.45. The van der Waals surface area contributed by atoms with Crippen LogP contribution in [-0.4, -0.2) is 22.6 Å². The fourth-order valence-corrected chi connectivity index (χ4v) is 2.74. The van der Waals surface area contributed by atoms with Gasteiger partial charge in [-0.25, -0.2) is 8.42 Å². The van der Waals surface area contributed by atoms with Gasteiger partial charge in [-0.3, -0.25) is 0 Å². The summed E-state index contributed by atoms with van der Waals surface area (Å²) in [7, 11) is -0.349. The molecule has 0 aliphatic rings. The number of sulfone groups is 1. The molecular weight excluding hydrogens is 288 g/mol. The van der Waals surface area contributed by atoms with Gasteiger partial charge in [-0.2, -0.15) is 0 Å². The summed E-state index contributed by atoms with van der Waals surface area (Å²) in [6, 6.07) is 13.4. The molecule has 21 heavy (non-hydrogen) atoms. The van der Waals surface area contributed by atoms with Crippen molar-refractivity contribution >= 4 is 15.9 Å². The SMILES string of the molecule is COc1ccc(/C=C/S(=O)(=O)c2ccc(OC)cc2)cc1. The van der Waals surface area contributed by atoms with Crippen LogP contribution in [0.25, 0.3) is 6.08 Å². The zero-order valence-electron chi connectivity index (χ0n) is 11.8. The van der Waals surface area contributed by atoms with E-state index in [-0.39, 0.29) is 4.90 Å². The van der Waals surface area contributed by atoms with Crippen molar-refractivity contribution in [2.45, 2.75) is 4.90 Å². The summed E-state index contributed by atoms with van der Waals surface area (Å²) in [6.07, 6.45) is 1.55. The van der Waals surface area contributed by atoms with Gasteiger partial charge < -0.3 is 9.47 Å². The lowest BCUT2D eigenvalue weighted by atomic mass is 10.2. The molecule has 0 N–H and O–H groups in total. The number of benzene rings is 2. The van der Waals surface area contributed by atoms with Crippen LogP contribution in [0.2, 0.25) is 0 Å². The number of hydrogen-bond acceptors (Lipinski definition) is 4. The minimum absolute atomic E-state index is 0.230. The van der Waals surface area contributed by atoms with Crippen LogP contribution in [0.3, 0.4) is 0 Å². The molecule has 0 aliphatic carbocycles. The number of rotatable bonds is 5. The molecular formula is C16H16O4S.